The molecule has 0 saturated heterocycles. The number of halogens is 1. The van der Waals surface area contributed by atoms with Crippen LogP contribution in [-0.4, -0.2) is 62.7 Å². The zero-order valence-electron chi connectivity index (χ0n) is 20.1. The summed E-state index contributed by atoms with van der Waals surface area (Å²) in [4.78, 5) is 28.0. The molecule has 0 aromatic heterocycles. The predicted octanol–water partition coefficient (Wildman–Crippen LogP) is 3.29. The predicted molar refractivity (Wildman–Crippen MR) is 136 cm³/mol. The number of rotatable bonds is 12. The Morgan fingerprint density at radius 1 is 1.00 bits per heavy atom. The first-order valence-corrected chi connectivity index (χ1v) is 13.0. The number of carbonyl (C=O) groups excluding carboxylic acids is 2. The fourth-order valence-electron chi connectivity index (χ4n) is 3.38. The van der Waals surface area contributed by atoms with Gasteiger partial charge >= 0.3 is 10.2 Å². The number of para-hydroxylation sites is 1. The minimum atomic E-state index is -3.96. The number of nitrogens with one attached hydrogen (secondary N) is 1. The molecule has 10 heteroatoms. The zero-order valence-corrected chi connectivity index (χ0v) is 21.6. The van der Waals surface area contributed by atoms with Crippen LogP contribution in [0.25, 0.3) is 0 Å². The molecule has 2 amide bonds. The van der Waals surface area contributed by atoms with Gasteiger partial charge in [-0.15, -0.1) is 0 Å². The van der Waals surface area contributed by atoms with E-state index >= 15 is 0 Å². The molecule has 0 fully saturated rings. The third-order valence-corrected chi connectivity index (χ3v) is 7.34. The third kappa shape index (κ3) is 7.19. The van der Waals surface area contributed by atoms with Gasteiger partial charge in [-0.05, 0) is 42.7 Å². The largest absolute Gasteiger partial charge is 0.354 e. The SMILES string of the molecule is CCCNC(=O)[C@@H](CC)N(Cc1ccc(Cl)cc1)C(=O)CN(c1ccccc1)S(=O)(=O)N(C)C. The second-order valence-electron chi connectivity index (χ2n) is 8.00. The Kier molecular flexibility index (Phi) is 10.3. The summed E-state index contributed by atoms with van der Waals surface area (Å²) >= 11 is 6.00. The number of amides is 2. The van der Waals surface area contributed by atoms with Gasteiger partial charge in [-0.1, -0.05) is 55.8 Å². The van der Waals surface area contributed by atoms with Crippen LogP contribution in [-0.2, 0) is 26.3 Å². The van der Waals surface area contributed by atoms with Gasteiger partial charge in [0.2, 0.25) is 11.8 Å². The fourth-order valence-corrected chi connectivity index (χ4v) is 4.57. The number of carbonyl (C=O) groups is 2. The fraction of sp³-hybridized carbons (Fsp3) is 0.417. The Labute approximate surface area is 207 Å². The van der Waals surface area contributed by atoms with Crippen molar-refractivity contribution in [2.45, 2.75) is 39.3 Å². The van der Waals surface area contributed by atoms with Crippen LogP contribution in [0.4, 0.5) is 5.69 Å². The van der Waals surface area contributed by atoms with Crippen LogP contribution >= 0.6 is 11.6 Å². The molecule has 0 unspecified atom stereocenters. The van der Waals surface area contributed by atoms with Crippen molar-refractivity contribution in [2.24, 2.45) is 0 Å². The number of anilines is 1. The van der Waals surface area contributed by atoms with E-state index in [9.17, 15) is 18.0 Å². The molecule has 0 aliphatic heterocycles. The lowest BCUT2D eigenvalue weighted by molar-refractivity contribution is -0.140. The Morgan fingerprint density at radius 2 is 1.62 bits per heavy atom. The van der Waals surface area contributed by atoms with Gasteiger partial charge in [0, 0.05) is 32.2 Å². The van der Waals surface area contributed by atoms with Crippen LogP contribution in [0, 0.1) is 0 Å². The Bertz CT molecular complexity index is 1050. The van der Waals surface area contributed by atoms with E-state index in [0.717, 1.165) is 20.6 Å². The average molecular weight is 509 g/mol. The Morgan fingerprint density at radius 3 is 2.15 bits per heavy atom. The van der Waals surface area contributed by atoms with Gasteiger partial charge in [0.05, 0.1) is 5.69 Å². The van der Waals surface area contributed by atoms with Crippen LogP contribution in [0.15, 0.2) is 54.6 Å². The van der Waals surface area contributed by atoms with Crippen molar-refractivity contribution in [3.8, 4) is 0 Å². The molecule has 0 heterocycles. The Balaban J connectivity index is 2.44. The van der Waals surface area contributed by atoms with E-state index in [-0.39, 0.29) is 12.5 Å². The summed E-state index contributed by atoms with van der Waals surface area (Å²) in [5.41, 5.74) is 1.14. The molecule has 2 aromatic carbocycles. The second-order valence-corrected chi connectivity index (χ2v) is 10.5. The molecule has 0 saturated carbocycles. The van der Waals surface area contributed by atoms with Gasteiger partial charge in [-0.3, -0.25) is 9.59 Å². The molecule has 186 valence electrons. The highest BCUT2D eigenvalue weighted by Crippen LogP contribution is 2.21. The highest BCUT2D eigenvalue weighted by molar-refractivity contribution is 7.90. The van der Waals surface area contributed by atoms with Crippen molar-refractivity contribution < 1.29 is 18.0 Å². The molecule has 0 spiro atoms. The number of nitrogens with zero attached hydrogens (tertiary/aromatic N) is 3. The van der Waals surface area contributed by atoms with Crippen LogP contribution in [0.2, 0.25) is 5.02 Å². The number of benzene rings is 2. The topological polar surface area (TPSA) is 90.0 Å². The molecule has 0 aliphatic carbocycles. The molecule has 0 bridgehead atoms. The van der Waals surface area contributed by atoms with E-state index in [0.29, 0.717) is 23.7 Å². The highest BCUT2D eigenvalue weighted by atomic mass is 35.5. The van der Waals surface area contributed by atoms with Gasteiger partial charge in [-0.2, -0.15) is 12.7 Å². The maximum absolute atomic E-state index is 13.6. The average Bonchev–Trinajstić information content (AvgIpc) is 2.82. The first-order valence-electron chi connectivity index (χ1n) is 11.2. The van der Waals surface area contributed by atoms with Crippen molar-refractivity contribution in [1.29, 1.82) is 0 Å². The maximum atomic E-state index is 13.6. The second kappa shape index (κ2) is 12.7. The molecule has 0 aliphatic rings. The minimum absolute atomic E-state index is 0.138. The minimum Gasteiger partial charge on any atom is -0.354 e. The molecule has 8 nitrogen and oxygen atoms in total. The lowest BCUT2D eigenvalue weighted by Crippen LogP contribution is -2.53. The van der Waals surface area contributed by atoms with Crippen LogP contribution in [0.3, 0.4) is 0 Å². The smallest absolute Gasteiger partial charge is 0.304 e. The molecule has 0 radical (unpaired) electrons. The molecular weight excluding hydrogens is 476 g/mol. The molecule has 1 atom stereocenters. The number of hydrogen-bond acceptors (Lipinski definition) is 4. The van der Waals surface area contributed by atoms with E-state index in [1.807, 2.05) is 13.8 Å². The normalized spacial score (nSPS) is 12.3. The summed E-state index contributed by atoms with van der Waals surface area (Å²) in [6.45, 7) is 3.95. The van der Waals surface area contributed by atoms with Crippen molar-refractivity contribution in [1.82, 2.24) is 14.5 Å². The van der Waals surface area contributed by atoms with Crippen LogP contribution < -0.4 is 9.62 Å². The van der Waals surface area contributed by atoms with Crippen molar-refractivity contribution >= 4 is 39.3 Å². The first-order chi connectivity index (χ1) is 16.1. The van der Waals surface area contributed by atoms with Gasteiger partial charge in [-0.25, -0.2) is 4.31 Å². The molecule has 34 heavy (non-hydrogen) atoms. The maximum Gasteiger partial charge on any atom is 0.304 e. The highest BCUT2D eigenvalue weighted by Gasteiger charge is 2.33. The standard InChI is InChI=1S/C24H33ClN4O4S/c1-5-16-26-24(31)22(6-2)28(17-19-12-14-20(25)15-13-19)23(30)18-29(34(32,33)27(3)4)21-10-8-7-9-11-21/h7-15,22H,5-6,16-18H2,1-4H3,(H,26,31)/t22-/m1/s1. The van der Waals surface area contributed by atoms with E-state index in [1.54, 1.807) is 54.6 Å². The van der Waals surface area contributed by atoms with Crippen molar-refractivity contribution in [3.63, 3.8) is 0 Å². The van der Waals surface area contributed by atoms with E-state index < -0.39 is 28.7 Å². The summed E-state index contributed by atoms with van der Waals surface area (Å²) in [5.74, 6) is -0.754. The van der Waals surface area contributed by atoms with Crippen LogP contribution in [0.1, 0.15) is 32.3 Å². The zero-order chi connectivity index (χ0) is 25.3. The summed E-state index contributed by atoms with van der Waals surface area (Å²) in [6, 6.07) is 14.7. The van der Waals surface area contributed by atoms with Crippen molar-refractivity contribution in [3.05, 3.63) is 65.2 Å². The van der Waals surface area contributed by atoms with Gasteiger partial charge in [0.15, 0.2) is 0 Å². The summed E-state index contributed by atoms with van der Waals surface area (Å²) in [5, 5.41) is 3.41. The lowest BCUT2D eigenvalue weighted by Gasteiger charge is -2.33. The summed E-state index contributed by atoms with van der Waals surface area (Å²) in [7, 11) is -1.14. The summed E-state index contributed by atoms with van der Waals surface area (Å²) in [6.07, 6.45) is 1.14. The molecular formula is C24H33ClN4O4S. The Hall–Kier alpha value is -2.62. The monoisotopic (exact) mass is 508 g/mol. The third-order valence-electron chi connectivity index (χ3n) is 5.26. The lowest BCUT2D eigenvalue weighted by atomic mass is 10.1. The number of hydrogen-bond donors (Lipinski definition) is 1. The van der Waals surface area contributed by atoms with Gasteiger partial charge < -0.3 is 10.2 Å². The van der Waals surface area contributed by atoms with Crippen molar-refractivity contribution in [2.75, 3.05) is 31.5 Å². The van der Waals surface area contributed by atoms with E-state index in [4.69, 9.17) is 11.6 Å². The quantitative estimate of drug-likeness (QED) is 0.476. The molecule has 1 N–H and O–H groups in total. The van der Waals surface area contributed by atoms with E-state index in [1.165, 1.54) is 19.0 Å². The van der Waals surface area contributed by atoms with Gasteiger partial charge in [0.25, 0.3) is 0 Å². The molecule has 2 rings (SSSR count). The first kappa shape index (κ1) is 27.6. The van der Waals surface area contributed by atoms with E-state index in [2.05, 4.69) is 5.32 Å². The molecule has 2 aromatic rings. The van der Waals surface area contributed by atoms with Crippen LogP contribution in [0.5, 0.6) is 0 Å². The summed E-state index contributed by atoms with van der Waals surface area (Å²) < 4.78 is 28.3. The van der Waals surface area contributed by atoms with Gasteiger partial charge in [0.1, 0.15) is 12.6 Å².